The third-order valence-electron chi connectivity index (χ3n) is 5.11. The molecule has 2 aromatic carbocycles. The van der Waals surface area contributed by atoms with Crippen LogP contribution in [0.3, 0.4) is 0 Å². The standard InChI is InChI=1S/C21H19N3O4/c1-23-20(27)16-9-8-15(11-17(16)21(23)28)22-19(26)14-6-4-13(5-7-14)12-24-10-2-3-18(24)25/h4-9,11H,2-3,10,12H2,1H3,(H,22,26). The Balaban J connectivity index is 1.45. The maximum Gasteiger partial charge on any atom is 0.261 e. The van der Waals surface area contributed by atoms with Gasteiger partial charge in [0.15, 0.2) is 0 Å². The second kappa shape index (κ2) is 6.92. The minimum atomic E-state index is -0.378. The van der Waals surface area contributed by atoms with Gasteiger partial charge in [-0.3, -0.25) is 24.1 Å². The topological polar surface area (TPSA) is 86.8 Å². The van der Waals surface area contributed by atoms with Crippen LogP contribution in [0.15, 0.2) is 42.5 Å². The van der Waals surface area contributed by atoms with Gasteiger partial charge in [-0.05, 0) is 42.3 Å². The molecule has 4 rings (SSSR count). The maximum atomic E-state index is 12.5. The van der Waals surface area contributed by atoms with Gasteiger partial charge < -0.3 is 10.2 Å². The quantitative estimate of drug-likeness (QED) is 0.829. The molecule has 1 saturated heterocycles. The molecule has 2 aromatic rings. The smallest absolute Gasteiger partial charge is 0.261 e. The van der Waals surface area contributed by atoms with Crippen LogP contribution in [0.2, 0.25) is 0 Å². The zero-order valence-corrected chi connectivity index (χ0v) is 15.4. The predicted molar refractivity (Wildman–Crippen MR) is 102 cm³/mol. The normalized spacial score (nSPS) is 16.0. The number of rotatable bonds is 4. The maximum absolute atomic E-state index is 12.5. The van der Waals surface area contributed by atoms with Crippen LogP contribution in [0.25, 0.3) is 0 Å². The van der Waals surface area contributed by atoms with Crippen molar-refractivity contribution in [3.63, 3.8) is 0 Å². The highest BCUT2D eigenvalue weighted by Gasteiger charge is 2.32. The first kappa shape index (κ1) is 17.9. The first-order valence-corrected chi connectivity index (χ1v) is 9.08. The molecule has 7 heteroatoms. The fourth-order valence-corrected chi connectivity index (χ4v) is 3.50. The summed E-state index contributed by atoms with van der Waals surface area (Å²) in [7, 11) is 1.43. The molecule has 142 valence electrons. The van der Waals surface area contributed by atoms with E-state index in [0.29, 0.717) is 29.8 Å². The molecule has 0 unspecified atom stereocenters. The Kier molecular flexibility index (Phi) is 4.43. The number of carbonyl (C=O) groups is 4. The summed E-state index contributed by atoms with van der Waals surface area (Å²) in [6.07, 6.45) is 1.50. The van der Waals surface area contributed by atoms with E-state index >= 15 is 0 Å². The van der Waals surface area contributed by atoms with Crippen molar-refractivity contribution in [3.8, 4) is 0 Å². The van der Waals surface area contributed by atoms with Crippen molar-refractivity contribution in [2.24, 2.45) is 0 Å². The third-order valence-corrected chi connectivity index (χ3v) is 5.11. The van der Waals surface area contributed by atoms with Crippen molar-refractivity contribution in [3.05, 3.63) is 64.7 Å². The fourth-order valence-electron chi connectivity index (χ4n) is 3.50. The summed E-state index contributed by atoms with van der Waals surface area (Å²) in [4.78, 5) is 51.1. The number of hydrogen-bond acceptors (Lipinski definition) is 4. The van der Waals surface area contributed by atoms with E-state index in [1.165, 1.54) is 13.1 Å². The average Bonchev–Trinajstić information content (AvgIpc) is 3.19. The van der Waals surface area contributed by atoms with Gasteiger partial charge in [0.1, 0.15) is 0 Å². The summed E-state index contributed by atoms with van der Waals surface area (Å²) in [6, 6.07) is 11.8. The van der Waals surface area contributed by atoms with Gasteiger partial charge in [-0.2, -0.15) is 0 Å². The molecule has 1 fully saturated rings. The second-order valence-electron chi connectivity index (χ2n) is 7.00. The van der Waals surface area contributed by atoms with Crippen molar-refractivity contribution in [1.82, 2.24) is 9.80 Å². The van der Waals surface area contributed by atoms with Crippen LogP contribution in [0, 0.1) is 0 Å². The molecule has 0 aromatic heterocycles. The van der Waals surface area contributed by atoms with Crippen molar-refractivity contribution in [1.29, 1.82) is 0 Å². The molecule has 2 aliphatic heterocycles. The number of nitrogens with one attached hydrogen (secondary N) is 1. The minimum absolute atomic E-state index is 0.164. The monoisotopic (exact) mass is 377 g/mol. The van der Waals surface area contributed by atoms with Gasteiger partial charge >= 0.3 is 0 Å². The van der Waals surface area contributed by atoms with Gasteiger partial charge in [-0.25, -0.2) is 0 Å². The lowest BCUT2D eigenvalue weighted by Gasteiger charge is -2.15. The number of amides is 4. The molecule has 28 heavy (non-hydrogen) atoms. The van der Waals surface area contributed by atoms with Crippen molar-refractivity contribution in [2.45, 2.75) is 19.4 Å². The molecule has 1 N–H and O–H groups in total. The van der Waals surface area contributed by atoms with Gasteiger partial charge in [0, 0.05) is 37.8 Å². The highest BCUT2D eigenvalue weighted by atomic mass is 16.2. The summed E-state index contributed by atoms with van der Waals surface area (Å²) in [5.41, 5.74) is 2.52. The Bertz CT molecular complexity index is 997. The molecule has 0 bridgehead atoms. The van der Waals surface area contributed by atoms with Gasteiger partial charge in [-0.15, -0.1) is 0 Å². The van der Waals surface area contributed by atoms with Crippen molar-refractivity contribution >= 4 is 29.3 Å². The molecule has 0 radical (unpaired) electrons. The number of nitrogens with zero attached hydrogens (tertiary/aromatic N) is 2. The predicted octanol–water partition coefficient (Wildman–Crippen LogP) is 2.29. The van der Waals surface area contributed by atoms with Crippen molar-refractivity contribution in [2.75, 3.05) is 18.9 Å². The van der Waals surface area contributed by atoms with Crippen LogP contribution in [-0.2, 0) is 11.3 Å². The van der Waals surface area contributed by atoms with E-state index in [9.17, 15) is 19.2 Å². The average molecular weight is 377 g/mol. The van der Waals surface area contributed by atoms with E-state index in [1.807, 2.05) is 17.0 Å². The van der Waals surface area contributed by atoms with Crippen LogP contribution < -0.4 is 5.32 Å². The molecular weight excluding hydrogens is 358 g/mol. The van der Waals surface area contributed by atoms with Gasteiger partial charge in [-0.1, -0.05) is 12.1 Å². The Morgan fingerprint density at radius 1 is 1.00 bits per heavy atom. The summed E-state index contributed by atoms with van der Waals surface area (Å²) < 4.78 is 0. The largest absolute Gasteiger partial charge is 0.338 e. The second-order valence-corrected chi connectivity index (χ2v) is 7.00. The number of likely N-dealkylation sites (tertiary alicyclic amines) is 1. The summed E-state index contributed by atoms with van der Waals surface area (Å²) in [5.74, 6) is -0.868. The Morgan fingerprint density at radius 2 is 1.71 bits per heavy atom. The first-order valence-electron chi connectivity index (χ1n) is 9.08. The highest BCUT2D eigenvalue weighted by Crippen LogP contribution is 2.25. The van der Waals surface area contributed by atoms with Crippen LogP contribution in [0.5, 0.6) is 0 Å². The van der Waals surface area contributed by atoms with E-state index in [4.69, 9.17) is 0 Å². The minimum Gasteiger partial charge on any atom is -0.338 e. The Hall–Kier alpha value is -3.48. The number of fused-ring (bicyclic) bond motifs is 1. The number of benzene rings is 2. The first-order chi connectivity index (χ1) is 13.4. The lowest BCUT2D eigenvalue weighted by molar-refractivity contribution is -0.128. The van der Waals surface area contributed by atoms with Gasteiger partial charge in [0.2, 0.25) is 5.91 Å². The zero-order valence-electron chi connectivity index (χ0n) is 15.4. The molecule has 0 saturated carbocycles. The molecule has 0 atom stereocenters. The molecule has 0 aliphatic carbocycles. The number of hydrogen-bond donors (Lipinski definition) is 1. The summed E-state index contributed by atoms with van der Waals surface area (Å²) in [6.45, 7) is 1.32. The SMILES string of the molecule is CN1C(=O)c2ccc(NC(=O)c3ccc(CN4CCCC4=O)cc3)cc2C1=O. The van der Waals surface area contributed by atoms with E-state index in [2.05, 4.69) is 5.32 Å². The van der Waals surface area contributed by atoms with E-state index in [0.717, 1.165) is 23.4 Å². The van der Waals surface area contributed by atoms with Crippen LogP contribution in [0.1, 0.15) is 49.5 Å². The van der Waals surface area contributed by atoms with Gasteiger partial charge in [0.25, 0.3) is 17.7 Å². The Labute approximate surface area is 161 Å². The number of imide groups is 1. The van der Waals surface area contributed by atoms with E-state index < -0.39 is 0 Å². The van der Waals surface area contributed by atoms with E-state index in [-0.39, 0.29) is 29.2 Å². The fraction of sp³-hybridized carbons (Fsp3) is 0.238. The highest BCUT2D eigenvalue weighted by molar-refractivity contribution is 6.21. The van der Waals surface area contributed by atoms with Crippen LogP contribution in [-0.4, -0.2) is 47.0 Å². The Morgan fingerprint density at radius 3 is 2.39 bits per heavy atom. The van der Waals surface area contributed by atoms with Crippen LogP contribution >= 0.6 is 0 Å². The van der Waals surface area contributed by atoms with Crippen LogP contribution in [0.4, 0.5) is 5.69 Å². The number of anilines is 1. The molecule has 2 aliphatic rings. The van der Waals surface area contributed by atoms with E-state index in [1.54, 1.807) is 24.3 Å². The number of carbonyl (C=O) groups excluding carboxylic acids is 4. The lowest BCUT2D eigenvalue weighted by atomic mass is 10.1. The zero-order chi connectivity index (χ0) is 19.8. The molecular formula is C21H19N3O4. The van der Waals surface area contributed by atoms with Gasteiger partial charge in [0.05, 0.1) is 11.1 Å². The molecule has 7 nitrogen and oxygen atoms in total. The summed E-state index contributed by atoms with van der Waals surface area (Å²) >= 11 is 0. The molecule has 0 spiro atoms. The van der Waals surface area contributed by atoms with Crippen molar-refractivity contribution < 1.29 is 19.2 Å². The lowest BCUT2D eigenvalue weighted by Crippen LogP contribution is -2.24. The summed E-state index contributed by atoms with van der Waals surface area (Å²) in [5, 5.41) is 2.75. The molecule has 4 amide bonds. The third kappa shape index (κ3) is 3.15. The molecule has 2 heterocycles.